The highest BCUT2D eigenvalue weighted by molar-refractivity contribution is 7.17. The molecule has 1 unspecified atom stereocenters. The van der Waals surface area contributed by atoms with Crippen LogP contribution in [0.15, 0.2) is 48.8 Å². The van der Waals surface area contributed by atoms with Gasteiger partial charge in [0.2, 0.25) is 0 Å². The van der Waals surface area contributed by atoms with Crippen molar-refractivity contribution >= 4 is 39.9 Å². The van der Waals surface area contributed by atoms with Crippen LogP contribution in [0, 0.1) is 13.8 Å². The third-order valence-corrected chi connectivity index (χ3v) is 8.01. The summed E-state index contributed by atoms with van der Waals surface area (Å²) in [7, 11) is 0. The number of piperidine rings is 1. The van der Waals surface area contributed by atoms with Crippen LogP contribution in [0.1, 0.15) is 62.3 Å². The number of anilines is 1. The molecule has 11 heteroatoms. The van der Waals surface area contributed by atoms with Crippen LogP contribution in [0.5, 0.6) is 0 Å². The van der Waals surface area contributed by atoms with Gasteiger partial charge in [0.05, 0.1) is 34.8 Å². The van der Waals surface area contributed by atoms with Gasteiger partial charge in [0.25, 0.3) is 11.8 Å². The van der Waals surface area contributed by atoms with Gasteiger partial charge in [-0.1, -0.05) is 6.07 Å². The largest absolute Gasteiger partial charge is 0.329 e. The maximum atomic E-state index is 13.7. The summed E-state index contributed by atoms with van der Waals surface area (Å²) in [6, 6.07) is 10.9. The van der Waals surface area contributed by atoms with E-state index in [0.717, 1.165) is 52.1 Å². The van der Waals surface area contributed by atoms with Gasteiger partial charge in [-0.05, 0) is 62.9 Å². The number of benzene rings is 1. The molecule has 1 aromatic carbocycles. The van der Waals surface area contributed by atoms with Gasteiger partial charge >= 0.3 is 0 Å². The highest BCUT2D eigenvalue weighted by atomic mass is 32.1. The van der Waals surface area contributed by atoms with Crippen molar-refractivity contribution in [2.24, 2.45) is 0 Å². The van der Waals surface area contributed by atoms with Crippen molar-refractivity contribution in [3.63, 3.8) is 0 Å². The molecule has 1 saturated heterocycles. The Morgan fingerprint density at radius 3 is 2.87 bits per heavy atom. The fourth-order valence-electron chi connectivity index (χ4n) is 4.95. The topological polar surface area (TPSA) is 133 Å². The molecule has 1 fully saturated rings. The Balaban J connectivity index is 1.21. The number of fused-ring (bicyclic) bond motifs is 1. The minimum absolute atomic E-state index is 0.0454. The van der Waals surface area contributed by atoms with E-state index in [1.165, 1.54) is 11.3 Å². The highest BCUT2D eigenvalue weighted by Crippen LogP contribution is 2.35. The third-order valence-electron chi connectivity index (χ3n) is 6.84. The quantitative estimate of drug-likeness (QED) is 0.294. The standard InChI is InChI=1S/C27H26N8O2S/c1-15-11-17(12-18-14-29-34-23(15)18)25(36)31-22-13-20(32-33-22)21-8-4-6-10-35(21)27(37)24-16(2)30-26(38-24)19-7-3-5-9-28-19/h3,5,7,9,11-14,21H,4,6,8,10H2,1-2H3,(H,29,34)(H2,31,32,33,36). The van der Waals surface area contributed by atoms with Crippen LogP contribution >= 0.6 is 11.3 Å². The van der Waals surface area contributed by atoms with Crippen molar-refractivity contribution in [2.75, 3.05) is 11.9 Å². The summed E-state index contributed by atoms with van der Waals surface area (Å²) in [6.45, 7) is 4.44. The summed E-state index contributed by atoms with van der Waals surface area (Å²) in [5.41, 5.74) is 4.63. The second-order valence-electron chi connectivity index (χ2n) is 9.45. The summed E-state index contributed by atoms with van der Waals surface area (Å²) < 4.78 is 0. The molecule has 1 atom stereocenters. The van der Waals surface area contributed by atoms with Crippen molar-refractivity contribution in [2.45, 2.75) is 39.2 Å². The zero-order chi connectivity index (χ0) is 26.2. The molecule has 0 radical (unpaired) electrons. The van der Waals surface area contributed by atoms with Crippen molar-refractivity contribution in [3.05, 3.63) is 76.2 Å². The summed E-state index contributed by atoms with van der Waals surface area (Å²) in [4.78, 5) is 38.2. The van der Waals surface area contributed by atoms with E-state index < -0.39 is 0 Å². The van der Waals surface area contributed by atoms with Crippen LogP contribution in [0.2, 0.25) is 0 Å². The average molecular weight is 527 g/mol. The minimum Gasteiger partial charge on any atom is -0.329 e. The number of H-pyrrole nitrogens is 2. The highest BCUT2D eigenvalue weighted by Gasteiger charge is 2.32. The van der Waals surface area contributed by atoms with Gasteiger partial charge < -0.3 is 10.2 Å². The van der Waals surface area contributed by atoms with E-state index in [-0.39, 0.29) is 17.9 Å². The molecule has 4 aromatic heterocycles. The number of aromatic nitrogens is 6. The Labute approximate surface area is 222 Å². The van der Waals surface area contributed by atoms with Crippen LogP contribution in [-0.2, 0) is 0 Å². The van der Waals surface area contributed by atoms with Gasteiger partial charge in [0.1, 0.15) is 9.88 Å². The maximum absolute atomic E-state index is 13.7. The van der Waals surface area contributed by atoms with E-state index in [0.29, 0.717) is 28.5 Å². The first-order valence-corrected chi connectivity index (χ1v) is 13.3. The lowest BCUT2D eigenvalue weighted by molar-refractivity contribution is 0.0610. The SMILES string of the molecule is Cc1nc(-c2ccccn2)sc1C(=O)N1CCCCC1c1cc(NC(=O)c2cc(C)c3[nH]ncc3c2)n[nH]1. The molecular weight excluding hydrogens is 500 g/mol. The number of thiazole rings is 1. The monoisotopic (exact) mass is 526 g/mol. The average Bonchev–Trinajstić information content (AvgIpc) is 3.69. The molecule has 192 valence electrons. The number of hydrogen-bond acceptors (Lipinski definition) is 7. The van der Waals surface area contributed by atoms with Gasteiger partial charge in [-0.25, -0.2) is 4.98 Å². The molecule has 1 aliphatic rings. The molecule has 0 bridgehead atoms. The molecule has 5 heterocycles. The molecule has 5 aromatic rings. The number of likely N-dealkylation sites (tertiary alicyclic amines) is 1. The Morgan fingerprint density at radius 1 is 1.13 bits per heavy atom. The lowest BCUT2D eigenvalue weighted by atomic mass is 9.99. The van der Waals surface area contributed by atoms with E-state index >= 15 is 0 Å². The summed E-state index contributed by atoms with van der Waals surface area (Å²) in [6.07, 6.45) is 6.16. The second kappa shape index (κ2) is 9.82. The molecule has 1 aliphatic heterocycles. The van der Waals surface area contributed by atoms with E-state index in [9.17, 15) is 9.59 Å². The summed E-state index contributed by atoms with van der Waals surface area (Å²) in [5.74, 6) is 0.114. The predicted octanol–water partition coefficient (Wildman–Crippen LogP) is 5.04. The first-order valence-electron chi connectivity index (χ1n) is 12.5. The van der Waals surface area contributed by atoms with E-state index in [4.69, 9.17) is 0 Å². The van der Waals surface area contributed by atoms with Gasteiger partial charge in [-0.3, -0.25) is 24.8 Å². The van der Waals surface area contributed by atoms with Gasteiger partial charge in [0, 0.05) is 29.8 Å². The number of hydrogen-bond donors (Lipinski definition) is 3. The fraction of sp³-hybridized carbons (Fsp3) is 0.259. The number of aryl methyl sites for hydroxylation is 2. The van der Waals surface area contributed by atoms with Gasteiger partial charge in [-0.2, -0.15) is 10.2 Å². The molecule has 0 saturated carbocycles. The first-order chi connectivity index (χ1) is 18.5. The van der Waals surface area contributed by atoms with Crippen LogP contribution < -0.4 is 5.32 Å². The van der Waals surface area contributed by atoms with Gasteiger partial charge in [0.15, 0.2) is 5.82 Å². The van der Waals surface area contributed by atoms with Crippen molar-refractivity contribution in [1.82, 2.24) is 35.3 Å². The third kappa shape index (κ3) is 4.45. The molecule has 0 aliphatic carbocycles. The zero-order valence-electron chi connectivity index (χ0n) is 21.0. The Bertz CT molecular complexity index is 1640. The second-order valence-corrected chi connectivity index (χ2v) is 10.4. The number of nitrogens with one attached hydrogen (secondary N) is 3. The lowest BCUT2D eigenvalue weighted by Crippen LogP contribution is -2.38. The maximum Gasteiger partial charge on any atom is 0.266 e. The Morgan fingerprint density at radius 2 is 2.03 bits per heavy atom. The number of amides is 2. The van der Waals surface area contributed by atoms with Crippen molar-refractivity contribution in [3.8, 4) is 10.7 Å². The molecule has 10 nitrogen and oxygen atoms in total. The van der Waals surface area contributed by atoms with Crippen molar-refractivity contribution in [1.29, 1.82) is 0 Å². The van der Waals surface area contributed by atoms with Crippen LogP contribution in [0.25, 0.3) is 21.6 Å². The zero-order valence-corrected chi connectivity index (χ0v) is 21.8. The van der Waals surface area contributed by atoms with Gasteiger partial charge in [-0.15, -0.1) is 11.3 Å². The predicted molar refractivity (Wildman–Crippen MR) is 145 cm³/mol. The van der Waals surface area contributed by atoms with Crippen LogP contribution in [0.3, 0.4) is 0 Å². The Kier molecular flexibility index (Phi) is 6.20. The Hall–Kier alpha value is -4.38. The lowest BCUT2D eigenvalue weighted by Gasteiger charge is -2.34. The van der Waals surface area contributed by atoms with E-state index in [1.54, 1.807) is 18.5 Å². The molecule has 2 amide bonds. The van der Waals surface area contributed by atoms with Crippen LogP contribution in [0.4, 0.5) is 5.82 Å². The molecule has 6 rings (SSSR count). The van der Waals surface area contributed by atoms with Crippen molar-refractivity contribution < 1.29 is 9.59 Å². The fourth-order valence-corrected chi connectivity index (χ4v) is 5.95. The molecule has 3 N–H and O–H groups in total. The van der Waals surface area contributed by atoms with Crippen LogP contribution in [-0.4, -0.2) is 53.6 Å². The number of aromatic amines is 2. The number of carbonyl (C=O) groups is 2. The summed E-state index contributed by atoms with van der Waals surface area (Å²) in [5, 5.41) is 18.9. The molecule has 38 heavy (non-hydrogen) atoms. The summed E-state index contributed by atoms with van der Waals surface area (Å²) >= 11 is 1.37. The number of nitrogens with zero attached hydrogens (tertiary/aromatic N) is 5. The molecular formula is C27H26N8O2S. The van der Waals surface area contributed by atoms with E-state index in [2.05, 4.69) is 35.7 Å². The minimum atomic E-state index is -0.256. The number of carbonyl (C=O) groups excluding carboxylic acids is 2. The molecule has 0 spiro atoms. The number of rotatable bonds is 5. The normalized spacial score (nSPS) is 15.6. The smallest absolute Gasteiger partial charge is 0.266 e. The van der Waals surface area contributed by atoms with E-state index in [1.807, 2.05) is 49.1 Å². The first kappa shape index (κ1) is 24.0. The number of pyridine rings is 1.